The molecule has 2 aromatic carbocycles. The smallest absolute Gasteiger partial charge is 0.313 e. The van der Waals surface area contributed by atoms with E-state index < -0.39 is 11.7 Å². The van der Waals surface area contributed by atoms with Crippen molar-refractivity contribution in [2.45, 2.75) is 36.4 Å². The van der Waals surface area contributed by atoms with Crippen molar-refractivity contribution in [3.05, 3.63) is 71.9 Å². The van der Waals surface area contributed by atoms with E-state index in [0.717, 1.165) is 35.6 Å². The van der Waals surface area contributed by atoms with Crippen molar-refractivity contribution >= 4 is 23.4 Å². The van der Waals surface area contributed by atoms with E-state index in [2.05, 4.69) is 23.8 Å². The first kappa shape index (κ1) is 21.2. The van der Waals surface area contributed by atoms with Crippen LogP contribution in [0.3, 0.4) is 0 Å². The van der Waals surface area contributed by atoms with Gasteiger partial charge in [-0.1, -0.05) is 62.0 Å². The molecule has 0 spiro atoms. The summed E-state index contributed by atoms with van der Waals surface area (Å²) >= 11 is 0.985. The summed E-state index contributed by atoms with van der Waals surface area (Å²) in [4.78, 5) is 10.7. The normalized spacial score (nSPS) is 11.7. The molecule has 0 unspecified atom stereocenters. The molecule has 1 heterocycles. The molecule has 7 heteroatoms. The zero-order chi connectivity index (χ0) is 21.0. The highest BCUT2D eigenvalue weighted by Gasteiger charge is 2.35. The summed E-state index contributed by atoms with van der Waals surface area (Å²) in [6, 6.07) is 16.7. The Morgan fingerprint density at radius 1 is 1.00 bits per heavy atom. The van der Waals surface area contributed by atoms with Gasteiger partial charge in [-0.15, -0.1) is 0 Å². The van der Waals surface area contributed by atoms with Gasteiger partial charge in [0.25, 0.3) is 0 Å². The Kier molecular flexibility index (Phi) is 6.47. The standard InChI is InChI=1S/C22H22F3N3S/c1-15(2)13-16-9-7-8-12-19(16)28(3)21-26-14-18(22(23,24)25)20(27-21)29-17-10-5-4-6-11-17/h4-12,14-15H,13H2,1-3H3. The van der Waals surface area contributed by atoms with Gasteiger partial charge in [0.15, 0.2) is 0 Å². The number of para-hydroxylation sites is 1. The van der Waals surface area contributed by atoms with E-state index in [-0.39, 0.29) is 11.0 Å². The number of hydrogen-bond acceptors (Lipinski definition) is 4. The minimum atomic E-state index is -4.52. The van der Waals surface area contributed by atoms with Gasteiger partial charge in [-0.2, -0.15) is 13.2 Å². The molecule has 3 rings (SSSR count). The maximum absolute atomic E-state index is 13.5. The molecule has 0 aliphatic rings. The third-order valence-corrected chi connectivity index (χ3v) is 5.30. The molecule has 3 aromatic rings. The Morgan fingerprint density at radius 2 is 1.66 bits per heavy atom. The number of hydrogen-bond donors (Lipinski definition) is 0. The molecule has 1 aromatic heterocycles. The van der Waals surface area contributed by atoms with Crippen molar-refractivity contribution < 1.29 is 13.2 Å². The molecule has 0 fully saturated rings. The quantitative estimate of drug-likeness (QED) is 0.422. The lowest BCUT2D eigenvalue weighted by Crippen LogP contribution is -2.18. The molecule has 0 bridgehead atoms. The van der Waals surface area contributed by atoms with Gasteiger partial charge in [0.05, 0.1) is 0 Å². The van der Waals surface area contributed by atoms with Crippen LogP contribution < -0.4 is 4.90 Å². The van der Waals surface area contributed by atoms with Crippen LogP contribution in [0.1, 0.15) is 25.0 Å². The third kappa shape index (κ3) is 5.29. The van der Waals surface area contributed by atoms with Crippen LogP contribution in [0, 0.1) is 5.92 Å². The van der Waals surface area contributed by atoms with Crippen molar-refractivity contribution in [3.63, 3.8) is 0 Å². The van der Waals surface area contributed by atoms with E-state index in [0.29, 0.717) is 10.8 Å². The fourth-order valence-corrected chi connectivity index (χ4v) is 3.87. The van der Waals surface area contributed by atoms with Crippen molar-refractivity contribution in [2.24, 2.45) is 5.92 Å². The number of benzene rings is 2. The molecule has 0 saturated heterocycles. The number of nitrogens with zero attached hydrogens (tertiary/aromatic N) is 3. The largest absolute Gasteiger partial charge is 0.420 e. The molecule has 0 radical (unpaired) electrons. The Morgan fingerprint density at radius 3 is 2.31 bits per heavy atom. The van der Waals surface area contributed by atoms with Crippen LogP contribution in [0.25, 0.3) is 0 Å². The molecule has 0 amide bonds. The molecule has 0 atom stereocenters. The summed E-state index contributed by atoms with van der Waals surface area (Å²) in [6.07, 6.45) is -2.80. The lowest BCUT2D eigenvalue weighted by atomic mass is 10.0. The molecular formula is C22H22F3N3S. The summed E-state index contributed by atoms with van der Waals surface area (Å²) in [6.45, 7) is 4.25. The Labute approximate surface area is 173 Å². The van der Waals surface area contributed by atoms with Gasteiger partial charge in [-0.3, -0.25) is 0 Å². The minimum absolute atomic E-state index is 0.109. The first-order valence-electron chi connectivity index (χ1n) is 9.24. The number of rotatable bonds is 6. The monoisotopic (exact) mass is 417 g/mol. The second-order valence-electron chi connectivity index (χ2n) is 7.09. The molecule has 29 heavy (non-hydrogen) atoms. The van der Waals surface area contributed by atoms with E-state index >= 15 is 0 Å². The fourth-order valence-electron chi connectivity index (χ4n) is 2.95. The van der Waals surface area contributed by atoms with Crippen LogP contribution >= 0.6 is 11.8 Å². The zero-order valence-corrected chi connectivity index (χ0v) is 17.3. The van der Waals surface area contributed by atoms with Crippen LogP contribution in [0.4, 0.5) is 24.8 Å². The fraction of sp³-hybridized carbons (Fsp3) is 0.273. The molecule has 0 saturated carbocycles. The average Bonchev–Trinajstić information content (AvgIpc) is 2.67. The minimum Gasteiger partial charge on any atom is -0.313 e. The number of aromatic nitrogens is 2. The first-order chi connectivity index (χ1) is 13.8. The van der Waals surface area contributed by atoms with Gasteiger partial charge in [-0.25, -0.2) is 9.97 Å². The molecule has 152 valence electrons. The van der Waals surface area contributed by atoms with Crippen LogP contribution in [0.15, 0.2) is 70.7 Å². The predicted octanol–water partition coefficient (Wildman–Crippen LogP) is 6.61. The third-order valence-electron chi connectivity index (χ3n) is 4.29. The van der Waals surface area contributed by atoms with E-state index in [1.807, 2.05) is 30.3 Å². The SMILES string of the molecule is CC(C)Cc1ccccc1N(C)c1ncc(C(F)(F)F)c(Sc2ccccc2)n1. The highest BCUT2D eigenvalue weighted by molar-refractivity contribution is 7.99. The maximum atomic E-state index is 13.5. The van der Waals surface area contributed by atoms with Crippen molar-refractivity contribution in [2.75, 3.05) is 11.9 Å². The second kappa shape index (κ2) is 8.86. The molecule has 3 nitrogen and oxygen atoms in total. The van der Waals surface area contributed by atoms with Crippen LogP contribution in [-0.2, 0) is 12.6 Å². The van der Waals surface area contributed by atoms with E-state index in [1.165, 1.54) is 0 Å². The van der Waals surface area contributed by atoms with Crippen molar-refractivity contribution in [3.8, 4) is 0 Å². The van der Waals surface area contributed by atoms with Crippen molar-refractivity contribution in [1.29, 1.82) is 0 Å². The molecule has 0 aliphatic heterocycles. The Bertz CT molecular complexity index is 959. The van der Waals surface area contributed by atoms with Crippen LogP contribution in [0.5, 0.6) is 0 Å². The summed E-state index contributed by atoms with van der Waals surface area (Å²) in [5, 5.41) is -0.109. The van der Waals surface area contributed by atoms with Gasteiger partial charge >= 0.3 is 6.18 Å². The molecular weight excluding hydrogens is 395 g/mol. The molecule has 0 N–H and O–H groups in total. The Hall–Kier alpha value is -2.54. The van der Waals surface area contributed by atoms with Crippen molar-refractivity contribution in [1.82, 2.24) is 9.97 Å². The summed E-state index contributed by atoms with van der Waals surface area (Å²) in [7, 11) is 1.78. The summed E-state index contributed by atoms with van der Waals surface area (Å²) in [5.41, 5.74) is 1.15. The van der Waals surface area contributed by atoms with Gasteiger partial charge in [0.2, 0.25) is 5.95 Å². The number of anilines is 2. The van der Waals surface area contributed by atoms with Crippen LogP contribution in [0.2, 0.25) is 0 Å². The highest BCUT2D eigenvalue weighted by Crippen LogP contribution is 2.39. The molecule has 0 aliphatic carbocycles. The predicted molar refractivity (Wildman–Crippen MR) is 111 cm³/mol. The second-order valence-corrected chi connectivity index (χ2v) is 8.15. The van der Waals surface area contributed by atoms with E-state index in [9.17, 15) is 13.2 Å². The highest BCUT2D eigenvalue weighted by atomic mass is 32.2. The van der Waals surface area contributed by atoms with Crippen LogP contribution in [-0.4, -0.2) is 17.0 Å². The van der Waals surface area contributed by atoms with Gasteiger partial charge in [-0.05, 0) is 36.1 Å². The lowest BCUT2D eigenvalue weighted by Gasteiger charge is -2.22. The average molecular weight is 418 g/mol. The summed E-state index contributed by atoms with van der Waals surface area (Å²) < 4.78 is 40.5. The van der Waals surface area contributed by atoms with Gasteiger partial charge < -0.3 is 4.90 Å². The van der Waals surface area contributed by atoms with E-state index in [4.69, 9.17) is 0 Å². The summed E-state index contributed by atoms with van der Waals surface area (Å²) in [5.74, 6) is 0.676. The number of halogens is 3. The topological polar surface area (TPSA) is 29.0 Å². The Balaban J connectivity index is 2.01. The zero-order valence-electron chi connectivity index (χ0n) is 16.4. The van der Waals surface area contributed by atoms with Gasteiger partial charge in [0, 0.05) is 23.8 Å². The maximum Gasteiger partial charge on any atom is 0.420 e. The van der Waals surface area contributed by atoms with E-state index in [1.54, 1.807) is 36.2 Å². The van der Waals surface area contributed by atoms with Gasteiger partial charge in [0.1, 0.15) is 10.6 Å². The lowest BCUT2D eigenvalue weighted by molar-refractivity contribution is -0.140. The number of alkyl halides is 3. The first-order valence-corrected chi connectivity index (χ1v) is 10.1.